The Morgan fingerprint density at radius 3 is 2.08 bits per heavy atom. The molecule has 1 aliphatic heterocycles. The van der Waals surface area contributed by atoms with E-state index in [-0.39, 0.29) is 0 Å². The van der Waals surface area contributed by atoms with Gasteiger partial charge in [0.2, 0.25) is 0 Å². The first-order valence-electron chi connectivity index (χ1n) is 13.4. The molecule has 1 heterocycles. The molecule has 1 saturated heterocycles. The number of nitrogens with zero attached hydrogens (tertiary/aromatic N) is 3. The van der Waals surface area contributed by atoms with Crippen molar-refractivity contribution in [2.75, 3.05) is 37.6 Å². The Hall–Kier alpha value is -3.12. The summed E-state index contributed by atoms with van der Waals surface area (Å²) in [6, 6.07) is 25.4. The predicted octanol–water partition coefficient (Wildman–Crippen LogP) is 7.22. The number of halogens is 2. The number of hydrogen-bond donors (Lipinski definition) is 1. The van der Waals surface area contributed by atoms with Gasteiger partial charge in [0, 0.05) is 49.4 Å². The molecule has 1 unspecified atom stereocenters. The fourth-order valence-electron chi connectivity index (χ4n) is 4.97. The van der Waals surface area contributed by atoms with Gasteiger partial charge in [-0.15, -0.1) is 0 Å². The number of carboxylic acids is 1. The van der Waals surface area contributed by atoms with E-state index < -0.39 is 11.5 Å². The third-order valence-electron chi connectivity index (χ3n) is 7.21. The largest absolute Gasteiger partial charge is 0.479 e. The van der Waals surface area contributed by atoms with Crippen molar-refractivity contribution in [3.8, 4) is 0 Å². The normalized spacial score (nSPS) is 15.7. The molecule has 5 nitrogen and oxygen atoms in total. The SMILES string of the molecule is C/C=C/CC(CCCN1CCN(c2ccc(Cl)c(Cl)c2)CC1)(N=C(c1ccccc1)c1ccccc1)C(=O)O. The quantitative estimate of drug-likeness (QED) is 0.197. The van der Waals surface area contributed by atoms with Crippen molar-refractivity contribution in [2.24, 2.45) is 4.99 Å². The summed E-state index contributed by atoms with van der Waals surface area (Å²) in [5.41, 5.74) is 2.35. The van der Waals surface area contributed by atoms with E-state index in [2.05, 4.69) is 9.80 Å². The number of aliphatic imine (C=N–C) groups is 1. The molecular formula is C32H35Cl2N3O2. The summed E-state index contributed by atoms with van der Waals surface area (Å²) in [4.78, 5) is 22.6. The van der Waals surface area contributed by atoms with E-state index in [0.717, 1.165) is 56.0 Å². The number of anilines is 1. The van der Waals surface area contributed by atoms with Crippen molar-refractivity contribution >= 4 is 40.6 Å². The smallest absolute Gasteiger partial charge is 0.331 e. The van der Waals surface area contributed by atoms with Crippen LogP contribution < -0.4 is 4.90 Å². The van der Waals surface area contributed by atoms with Gasteiger partial charge >= 0.3 is 5.97 Å². The summed E-state index contributed by atoms with van der Waals surface area (Å²) < 4.78 is 0. The lowest BCUT2D eigenvalue weighted by molar-refractivity contribution is -0.143. The van der Waals surface area contributed by atoms with Crippen LogP contribution in [-0.2, 0) is 4.79 Å². The summed E-state index contributed by atoms with van der Waals surface area (Å²) in [6.45, 7) is 6.30. The zero-order chi connectivity index (χ0) is 27.7. The van der Waals surface area contributed by atoms with Crippen LogP contribution in [0, 0.1) is 0 Å². The van der Waals surface area contributed by atoms with Crippen molar-refractivity contribution < 1.29 is 9.90 Å². The Morgan fingerprint density at radius 1 is 0.923 bits per heavy atom. The predicted molar refractivity (Wildman–Crippen MR) is 163 cm³/mol. The fraction of sp³-hybridized carbons (Fsp3) is 0.312. The molecule has 0 spiro atoms. The molecule has 4 rings (SSSR count). The van der Waals surface area contributed by atoms with Crippen molar-refractivity contribution in [1.29, 1.82) is 0 Å². The Morgan fingerprint density at radius 2 is 1.54 bits per heavy atom. The van der Waals surface area contributed by atoms with Gasteiger partial charge in [-0.05, 0) is 44.5 Å². The van der Waals surface area contributed by atoms with E-state index in [1.807, 2.05) is 97.9 Å². The molecule has 1 aliphatic rings. The zero-order valence-corrected chi connectivity index (χ0v) is 23.8. The minimum atomic E-state index is -1.25. The maximum Gasteiger partial charge on any atom is 0.331 e. The van der Waals surface area contributed by atoms with Gasteiger partial charge in [-0.1, -0.05) is 96.0 Å². The van der Waals surface area contributed by atoms with Crippen molar-refractivity contribution in [3.05, 3.63) is 112 Å². The van der Waals surface area contributed by atoms with Crippen LogP contribution >= 0.6 is 23.2 Å². The van der Waals surface area contributed by atoms with Crippen LogP contribution in [0.15, 0.2) is 96.0 Å². The van der Waals surface area contributed by atoms with Gasteiger partial charge in [0.1, 0.15) is 0 Å². The van der Waals surface area contributed by atoms with E-state index in [0.29, 0.717) is 28.6 Å². The highest BCUT2D eigenvalue weighted by molar-refractivity contribution is 6.42. The second kappa shape index (κ2) is 13.8. The Balaban J connectivity index is 1.50. The second-order valence-corrected chi connectivity index (χ2v) is 10.6. The lowest BCUT2D eigenvalue weighted by Crippen LogP contribution is -2.47. The van der Waals surface area contributed by atoms with Gasteiger partial charge in [-0.25, -0.2) is 4.79 Å². The third-order valence-corrected chi connectivity index (χ3v) is 7.95. The van der Waals surface area contributed by atoms with Crippen LogP contribution in [0.1, 0.15) is 37.3 Å². The standard InChI is InChI=1S/C32H35Cl2N3O2/c1-2-3-17-32(31(38)39,35-30(25-11-6-4-7-12-25)26-13-8-5-9-14-26)18-10-19-36-20-22-37(23-21-36)27-15-16-28(33)29(34)24-27/h2-9,11-16,24H,10,17-23H2,1H3,(H,38,39)/b3-2+. The highest BCUT2D eigenvalue weighted by Crippen LogP contribution is 2.29. The molecule has 0 aromatic heterocycles. The highest BCUT2D eigenvalue weighted by Gasteiger charge is 2.37. The van der Waals surface area contributed by atoms with E-state index in [9.17, 15) is 9.90 Å². The Labute approximate surface area is 241 Å². The van der Waals surface area contributed by atoms with Crippen LogP contribution in [0.5, 0.6) is 0 Å². The van der Waals surface area contributed by atoms with Crippen LogP contribution in [0.3, 0.4) is 0 Å². The Kier molecular flexibility index (Phi) is 10.2. The van der Waals surface area contributed by atoms with Crippen LogP contribution in [0.25, 0.3) is 0 Å². The molecule has 0 aliphatic carbocycles. The van der Waals surface area contributed by atoms with Crippen LogP contribution in [-0.4, -0.2) is 60.0 Å². The summed E-state index contributed by atoms with van der Waals surface area (Å²) in [5, 5.41) is 11.7. The number of aliphatic carboxylic acids is 1. The molecule has 1 atom stereocenters. The number of rotatable bonds is 11. The van der Waals surface area contributed by atoms with Gasteiger partial charge in [-0.3, -0.25) is 9.89 Å². The molecule has 0 amide bonds. The van der Waals surface area contributed by atoms with Crippen molar-refractivity contribution in [1.82, 2.24) is 4.90 Å². The van der Waals surface area contributed by atoms with E-state index in [1.165, 1.54) is 0 Å². The number of hydrogen-bond acceptors (Lipinski definition) is 4. The van der Waals surface area contributed by atoms with Crippen molar-refractivity contribution in [3.63, 3.8) is 0 Å². The number of piperazine rings is 1. The fourth-order valence-corrected chi connectivity index (χ4v) is 5.26. The van der Waals surface area contributed by atoms with Gasteiger partial charge < -0.3 is 10.0 Å². The summed E-state index contributed by atoms with van der Waals surface area (Å²) in [7, 11) is 0. The molecular weight excluding hydrogens is 529 g/mol. The topological polar surface area (TPSA) is 56.1 Å². The molecule has 1 fully saturated rings. The van der Waals surface area contributed by atoms with E-state index >= 15 is 0 Å². The number of allylic oxidation sites excluding steroid dienone is 1. The van der Waals surface area contributed by atoms with E-state index in [1.54, 1.807) is 0 Å². The van der Waals surface area contributed by atoms with Gasteiger partial charge in [0.15, 0.2) is 5.54 Å². The molecule has 0 saturated carbocycles. The zero-order valence-electron chi connectivity index (χ0n) is 22.3. The second-order valence-electron chi connectivity index (χ2n) is 9.83. The molecule has 3 aromatic carbocycles. The molecule has 1 N–H and O–H groups in total. The lowest BCUT2D eigenvalue weighted by Gasteiger charge is -2.36. The highest BCUT2D eigenvalue weighted by atomic mass is 35.5. The van der Waals surface area contributed by atoms with E-state index in [4.69, 9.17) is 28.2 Å². The monoisotopic (exact) mass is 563 g/mol. The molecule has 0 radical (unpaired) electrons. The number of carboxylic acid groups (broad SMARTS) is 1. The van der Waals surface area contributed by atoms with Gasteiger partial charge in [0.25, 0.3) is 0 Å². The summed E-state index contributed by atoms with van der Waals surface area (Å²) >= 11 is 12.3. The summed E-state index contributed by atoms with van der Waals surface area (Å²) in [6.07, 6.45) is 5.34. The Bertz CT molecular complexity index is 1250. The molecule has 7 heteroatoms. The average molecular weight is 565 g/mol. The lowest BCUT2D eigenvalue weighted by atomic mass is 9.88. The molecule has 39 heavy (non-hydrogen) atoms. The first kappa shape index (κ1) is 28.9. The van der Waals surface area contributed by atoms with Gasteiger partial charge in [0.05, 0.1) is 15.8 Å². The van der Waals surface area contributed by atoms with Crippen LogP contribution in [0.4, 0.5) is 5.69 Å². The molecule has 204 valence electrons. The van der Waals surface area contributed by atoms with Crippen LogP contribution in [0.2, 0.25) is 10.0 Å². The maximum absolute atomic E-state index is 12.9. The van der Waals surface area contributed by atoms with Gasteiger partial charge in [-0.2, -0.15) is 0 Å². The summed E-state index contributed by atoms with van der Waals surface area (Å²) in [5.74, 6) is -0.894. The first-order chi connectivity index (χ1) is 18.9. The number of carbonyl (C=O) groups is 1. The molecule has 3 aromatic rings. The van der Waals surface area contributed by atoms with Crippen molar-refractivity contribution in [2.45, 2.75) is 31.7 Å². The molecule has 0 bridgehead atoms. The third kappa shape index (κ3) is 7.51. The first-order valence-corrected chi connectivity index (χ1v) is 14.1. The minimum absolute atomic E-state index is 0.340. The number of benzene rings is 3. The average Bonchev–Trinajstić information content (AvgIpc) is 2.97. The minimum Gasteiger partial charge on any atom is -0.479 e. The maximum atomic E-state index is 12.9.